The van der Waals surface area contributed by atoms with E-state index in [9.17, 15) is 14.7 Å². The van der Waals surface area contributed by atoms with E-state index in [0.717, 1.165) is 5.56 Å². The summed E-state index contributed by atoms with van der Waals surface area (Å²) < 4.78 is 1.43. The molecule has 2 aromatic heterocycles. The van der Waals surface area contributed by atoms with Crippen molar-refractivity contribution in [1.82, 2.24) is 20.0 Å². The zero-order valence-corrected chi connectivity index (χ0v) is 15.7. The molecule has 1 aliphatic heterocycles. The number of aromatic nitrogens is 4. The summed E-state index contributed by atoms with van der Waals surface area (Å²) in [6.07, 6.45) is 2.98. The van der Waals surface area contributed by atoms with Crippen LogP contribution in [0.5, 0.6) is 0 Å². The summed E-state index contributed by atoms with van der Waals surface area (Å²) in [6.45, 7) is 2.37. The number of Topliss-reactive ketones (excluding diaryl/α,β-unsaturated/α-hetero) is 1. The van der Waals surface area contributed by atoms with Crippen LogP contribution >= 0.6 is 11.6 Å². The monoisotopic (exact) mass is 397 g/mol. The van der Waals surface area contributed by atoms with Crippen LogP contribution < -0.4 is 4.90 Å². The minimum atomic E-state index is -2.42. The fourth-order valence-corrected chi connectivity index (χ4v) is 3.38. The Morgan fingerprint density at radius 3 is 2.68 bits per heavy atom. The fourth-order valence-electron chi connectivity index (χ4n) is 3.27. The summed E-state index contributed by atoms with van der Waals surface area (Å²) in [5.74, 6) is -1.45. The highest BCUT2D eigenvalue weighted by molar-refractivity contribution is 6.29. The normalized spacial score (nSPS) is 19.0. The minimum Gasteiger partial charge on any atom is -0.368 e. The third-order valence-corrected chi connectivity index (χ3v) is 4.91. The minimum absolute atomic E-state index is 0.114. The van der Waals surface area contributed by atoms with Crippen molar-refractivity contribution in [2.45, 2.75) is 19.1 Å². The van der Waals surface area contributed by atoms with Crippen LogP contribution in [0, 0.1) is 0 Å². The summed E-state index contributed by atoms with van der Waals surface area (Å²) in [7, 11) is 0. The standard InChI is InChI=1S/C19H16ClN5O3/c1-2-25-14-6-4-3-5-13(14)17(26)19(28,18(25)27)15-11-24(23-22-15)10-12-7-8-16(20)21-9-12/h3-9,11,28H,2,10H2,1H3. The summed E-state index contributed by atoms with van der Waals surface area (Å²) >= 11 is 5.78. The van der Waals surface area contributed by atoms with Crippen LogP contribution in [0.2, 0.25) is 5.15 Å². The highest BCUT2D eigenvalue weighted by Gasteiger charge is 2.54. The van der Waals surface area contributed by atoms with Crippen molar-refractivity contribution in [2.75, 3.05) is 11.4 Å². The summed E-state index contributed by atoms with van der Waals surface area (Å²) in [5, 5.41) is 19.4. The Morgan fingerprint density at radius 2 is 1.96 bits per heavy atom. The molecule has 4 rings (SSSR count). The predicted octanol–water partition coefficient (Wildman–Crippen LogP) is 1.81. The van der Waals surface area contributed by atoms with Crippen LogP contribution in [0.25, 0.3) is 0 Å². The number of anilines is 1. The van der Waals surface area contributed by atoms with Gasteiger partial charge >= 0.3 is 0 Å². The molecule has 8 nitrogen and oxygen atoms in total. The topological polar surface area (TPSA) is 101 Å². The van der Waals surface area contributed by atoms with Crippen molar-refractivity contribution in [3.8, 4) is 0 Å². The molecule has 1 amide bonds. The van der Waals surface area contributed by atoms with Crippen LogP contribution in [-0.2, 0) is 16.9 Å². The first-order valence-electron chi connectivity index (χ1n) is 8.64. The first-order valence-corrected chi connectivity index (χ1v) is 9.02. The number of hydrogen-bond donors (Lipinski definition) is 1. The molecule has 9 heteroatoms. The molecule has 1 unspecified atom stereocenters. The molecule has 3 heterocycles. The molecule has 1 N–H and O–H groups in total. The number of hydrogen-bond acceptors (Lipinski definition) is 6. The van der Waals surface area contributed by atoms with Gasteiger partial charge in [0.05, 0.1) is 18.4 Å². The second-order valence-electron chi connectivity index (χ2n) is 6.40. The van der Waals surface area contributed by atoms with Gasteiger partial charge < -0.3 is 10.0 Å². The SMILES string of the molecule is CCN1C(=O)C(O)(c2cn(Cc3ccc(Cl)nc3)nn2)C(=O)c2ccccc21. The van der Waals surface area contributed by atoms with E-state index in [0.29, 0.717) is 23.9 Å². The fraction of sp³-hybridized carbons (Fsp3) is 0.211. The maximum atomic E-state index is 13.0. The Labute approximate surface area is 165 Å². The van der Waals surface area contributed by atoms with Gasteiger partial charge in [0.25, 0.3) is 11.5 Å². The molecule has 0 fully saturated rings. The van der Waals surface area contributed by atoms with E-state index in [1.807, 2.05) is 0 Å². The van der Waals surface area contributed by atoms with Crippen LogP contribution in [0.1, 0.15) is 28.5 Å². The number of para-hydroxylation sites is 1. The molecule has 28 heavy (non-hydrogen) atoms. The van der Waals surface area contributed by atoms with E-state index < -0.39 is 17.3 Å². The number of carbonyl (C=O) groups is 2. The molecule has 142 valence electrons. The second kappa shape index (κ2) is 6.81. The third kappa shape index (κ3) is 2.78. The maximum Gasteiger partial charge on any atom is 0.273 e. The van der Waals surface area contributed by atoms with E-state index >= 15 is 0 Å². The number of fused-ring (bicyclic) bond motifs is 1. The average molecular weight is 398 g/mol. The second-order valence-corrected chi connectivity index (χ2v) is 6.78. The molecule has 0 saturated heterocycles. The third-order valence-electron chi connectivity index (χ3n) is 4.68. The number of ketones is 1. The van der Waals surface area contributed by atoms with Crippen LogP contribution in [0.3, 0.4) is 0 Å². The van der Waals surface area contributed by atoms with Gasteiger partial charge in [0.2, 0.25) is 5.78 Å². The summed E-state index contributed by atoms with van der Waals surface area (Å²) in [6, 6.07) is 10.1. The van der Waals surface area contributed by atoms with Gasteiger partial charge in [0.1, 0.15) is 10.8 Å². The Hall–Kier alpha value is -3.10. The number of likely N-dealkylation sites (N-methyl/N-ethyl adjacent to an activating group) is 1. The van der Waals surface area contributed by atoms with Crippen molar-refractivity contribution in [2.24, 2.45) is 0 Å². The molecule has 1 aliphatic rings. The molecule has 0 aliphatic carbocycles. The zero-order chi connectivity index (χ0) is 19.9. The van der Waals surface area contributed by atoms with E-state index in [2.05, 4.69) is 15.3 Å². The van der Waals surface area contributed by atoms with E-state index in [4.69, 9.17) is 11.6 Å². The number of halogens is 1. The molecular weight excluding hydrogens is 382 g/mol. The molecule has 0 spiro atoms. The largest absolute Gasteiger partial charge is 0.368 e. The van der Waals surface area contributed by atoms with Crippen molar-refractivity contribution in [1.29, 1.82) is 0 Å². The van der Waals surface area contributed by atoms with Gasteiger partial charge in [-0.15, -0.1) is 5.10 Å². The Balaban J connectivity index is 1.72. The van der Waals surface area contributed by atoms with Crippen LogP contribution in [0.15, 0.2) is 48.8 Å². The Morgan fingerprint density at radius 1 is 1.18 bits per heavy atom. The van der Waals surface area contributed by atoms with Crippen molar-refractivity contribution >= 4 is 29.0 Å². The number of aliphatic hydroxyl groups is 1. The van der Waals surface area contributed by atoms with E-state index in [1.54, 1.807) is 49.5 Å². The average Bonchev–Trinajstić information content (AvgIpc) is 3.17. The highest BCUT2D eigenvalue weighted by atomic mass is 35.5. The lowest BCUT2D eigenvalue weighted by Gasteiger charge is -2.36. The van der Waals surface area contributed by atoms with Gasteiger partial charge in [-0.1, -0.05) is 35.0 Å². The van der Waals surface area contributed by atoms with Gasteiger partial charge in [0, 0.05) is 18.3 Å². The maximum absolute atomic E-state index is 13.0. The Kier molecular flexibility index (Phi) is 4.44. The van der Waals surface area contributed by atoms with E-state index in [1.165, 1.54) is 15.8 Å². The van der Waals surface area contributed by atoms with Gasteiger partial charge in [0.15, 0.2) is 0 Å². The zero-order valence-electron chi connectivity index (χ0n) is 14.9. The molecule has 1 atom stereocenters. The van der Waals surface area contributed by atoms with Gasteiger partial charge in [-0.05, 0) is 30.7 Å². The van der Waals surface area contributed by atoms with Gasteiger partial charge in [-0.2, -0.15) is 0 Å². The lowest BCUT2D eigenvalue weighted by Crippen LogP contribution is -2.56. The first-order chi connectivity index (χ1) is 13.4. The molecule has 0 saturated carbocycles. The summed E-state index contributed by atoms with van der Waals surface area (Å²) in [4.78, 5) is 31.4. The van der Waals surface area contributed by atoms with Gasteiger partial charge in [-0.25, -0.2) is 9.67 Å². The number of pyridine rings is 1. The number of benzene rings is 1. The lowest BCUT2D eigenvalue weighted by atomic mass is 9.84. The van der Waals surface area contributed by atoms with E-state index in [-0.39, 0.29) is 11.3 Å². The molecule has 0 bridgehead atoms. The van der Waals surface area contributed by atoms with Gasteiger partial charge in [-0.3, -0.25) is 9.59 Å². The Bertz CT molecular complexity index is 1070. The first kappa shape index (κ1) is 18.3. The predicted molar refractivity (Wildman–Crippen MR) is 101 cm³/mol. The molecule has 0 radical (unpaired) electrons. The smallest absolute Gasteiger partial charge is 0.273 e. The number of amides is 1. The molecular formula is C19H16ClN5O3. The number of nitrogens with zero attached hydrogens (tertiary/aromatic N) is 5. The van der Waals surface area contributed by atoms with Crippen LogP contribution in [-0.4, -0.2) is 43.3 Å². The molecule has 1 aromatic carbocycles. The number of rotatable bonds is 4. The van der Waals surface area contributed by atoms with Crippen LogP contribution in [0.4, 0.5) is 5.69 Å². The highest BCUT2D eigenvalue weighted by Crippen LogP contribution is 2.37. The van der Waals surface area contributed by atoms with Crippen molar-refractivity contribution in [3.05, 3.63) is 70.8 Å². The van der Waals surface area contributed by atoms with Crippen molar-refractivity contribution in [3.63, 3.8) is 0 Å². The number of carbonyl (C=O) groups excluding carboxylic acids is 2. The van der Waals surface area contributed by atoms with Crippen molar-refractivity contribution < 1.29 is 14.7 Å². The quantitative estimate of drug-likeness (QED) is 0.532. The molecule has 3 aromatic rings. The summed E-state index contributed by atoms with van der Waals surface area (Å²) in [5.41, 5.74) is -0.986. The lowest BCUT2D eigenvalue weighted by molar-refractivity contribution is -0.133.